The Hall–Kier alpha value is -1.86. The molecule has 3 rings (SSSR count). The van der Waals surface area contributed by atoms with Gasteiger partial charge in [-0.05, 0) is 45.8 Å². The average molecular weight is 465 g/mol. The van der Waals surface area contributed by atoms with Gasteiger partial charge in [0.05, 0.1) is 6.42 Å². The summed E-state index contributed by atoms with van der Waals surface area (Å²) in [5, 5.41) is 0. The molecule has 4 nitrogen and oxygen atoms in total. The molecule has 0 unspecified atom stereocenters. The molecule has 0 radical (unpaired) electrons. The van der Waals surface area contributed by atoms with E-state index in [4.69, 9.17) is 0 Å². The van der Waals surface area contributed by atoms with E-state index in [1.165, 1.54) is 12.1 Å². The van der Waals surface area contributed by atoms with E-state index in [1.807, 2.05) is 29.2 Å². The van der Waals surface area contributed by atoms with Gasteiger partial charge in [0.15, 0.2) is 0 Å². The Morgan fingerprint density at radius 1 is 0.929 bits per heavy atom. The first-order chi connectivity index (χ1) is 13.5. The molecule has 28 heavy (non-hydrogen) atoms. The highest BCUT2D eigenvalue weighted by molar-refractivity contribution is 9.10. The van der Waals surface area contributed by atoms with Crippen LogP contribution in [0.3, 0.4) is 0 Å². The zero-order valence-corrected chi connectivity index (χ0v) is 17.8. The first kappa shape index (κ1) is 20.9. The summed E-state index contributed by atoms with van der Waals surface area (Å²) < 4.78 is 14.0. The van der Waals surface area contributed by atoms with Crippen LogP contribution in [0.5, 0.6) is 0 Å². The number of carbonyl (C=O) groups excluding carboxylic acids is 2. The highest BCUT2D eigenvalue weighted by Gasteiger charge is 2.23. The number of amides is 2. The zero-order valence-electron chi connectivity index (χ0n) is 15.4. The van der Waals surface area contributed by atoms with Gasteiger partial charge in [0.2, 0.25) is 11.8 Å². The number of carbonyl (C=O) groups is 2. The Balaban J connectivity index is 1.40. The number of thioether (sulfide) groups is 1. The molecule has 0 bridgehead atoms. The van der Waals surface area contributed by atoms with Crippen molar-refractivity contribution in [3.8, 4) is 0 Å². The summed E-state index contributed by atoms with van der Waals surface area (Å²) in [7, 11) is 0. The minimum Gasteiger partial charge on any atom is -0.339 e. The van der Waals surface area contributed by atoms with E-state index in [9.17, 15) is 14.0 Å². The molecule has 1 saturated heterocycles. The number of hydrogen-bond acceptors (Lipinski definition) is 3. The van der Waals surface area contributed by atoms with Crippen molar-refractivity contribution < 1.29 is 14.0 Å². The van der Waals surface area contributed by atoms with Gasteiger partial charge in [-0.15, -0.1) is 11.8 Å². The Kier molecular flexibility index (Phi) is 7.50. The van der Waals surface area contributed by atoms with Gasteiger partial charge in [-0.2, -0.15) is 0 Å². The molecular weight excluding hydrogens is 443 g/mol. The zero-order chi connectivity index (χ0) is 19.9. The van der Waals surface area contributed by atoms with Crippen molar-refractivity contribution in [2.24, 2.45) is 0 Å². The quantitative estimate of drug-likeness (QED) is 0.606. The summed E-state index contributed by atoms with van der Waals surface area (Å²) in [4.78, 5) is 29.6. The molecule has 0 aromatic heterocycles. The van der Waals surface area contributed by atoms with Gasteiger partial charge in [0.1, 0.15) is 5.82 Å². The molecular formula is C21H22BrFN2O2S. The third kappa shape index (κ3) is 5.82. The second kappa shape index (κ2) is 10.1. The van der Waals surface area contributed by atoms with Crippen LogP contribution in [0.15, 0.2) is 57.9 Å². The fraction of sp³-hybridized carbons (Fsp3) is 0.333. The van der Waals surface area contributed by atoms with Crippen LogP contribution in [-0.4, -0.2) is 53.5 Å². The van der Waals surface area contributed by atoms with Gasteiger partial charge in [-0.3, -0.25) is 9.59 Å². The maximum absolute atomic E-state index is 13.0. The number of halogens is 2. The topological polar surface area (TPSA) is 40.6 Å². The molecule has 2 aromatic rings. The Bertz CT molecular complexity index is 823. The molecule has 0 N–H and O–H groups in total. The second-order valence-electron chi connectivity index (χ2n) is 6.59. The molecule has 0 atom stereocenters. The summed E-state index contributed by atoms with van der Waals surface area (Å²) in [6, 6.07) is 14.0. The first-order valence-corrected chi connectivity index (χ1v) is 11.0. The normalized spacial score (nSPS) is 14.2. The lowest BCUT2D eigenvalue weighted by molar-refractivity contribution is -0.138. The molecule has 1 heterocycles. The minimum absolute atomic E-state index is 0.0168. The van der Waals surface area contributed by atoms with Gasteiger partial charge in [0, 0.05) is 47.7 Å². The summed E-state index contributed by atoms with van der Waals surface area (Å²) in [5.74, 6) is 0.569. The van der Waals surface area contributed by atoms with Crippen molar-refractivity contribution in [2.45, 2.75) is 17.7 Å². The second-order valence-corrected chi connectivity index (χ2v) is 8.58. The summed E-state index contributed by atoms with van der Waals surface area (Å²) in [6.45, 7) is 2.22. The number of benzene rings is 2. The average Bonchev–Trinajstić information content (AvgIpc) is 2.71. The number of hydrogen-bond donors (Lipinski definition) is 0. The van der Waals surface area contributed by atoms with Crippen LogP contribution < -0.4 is 0 Å². The van der Waals surface area contributed by atoms with Gasteiger partial charge >= 0.3 is 0 Å². The largest absolute Gasteiger partial charge is 0.339 e. The Morgan fingerprint density at radius 2 is 1.54 bits per heavy atom. The monoisotopic (exact) mass is 464 g/mol. The summed E-state index contributed by atoms with van der Waals surface area (Å²) in [6.07, 6.45) is 0.742. The van der Waals surface area contributed by atoms with Gasteiger partial charge in [0.25, 0.3) is 0 Å². The number of rotatable bonds is 6. The molecule has 0 saturated carbocycles. The van der Waals surface area contributed by atoms with Crippen LogP contribution in [0.4, 0.5) is 4.39 Å². The highest BCUT2D eigenvalue weighted by atomic mass is 79.9. The third-order valence-corrected chi connectivity index (χ3v) is 6.69. The van der Waals surface area contributed by atoms with Crippen LogP contribution in [-0.2, 0) is 16.0 Å². The third-order valence-electron chi connectivity index (χ3n) is 4.66. The molecule has 0 spiro atoms. The molecule has 1 aliphatic heterocycles. The standard InChI is InChI=1S/C21H22BrFN2O2S/c22-18-3-1-2-4-19(18)28-14-9-20(26)24-10-12-25(13-11-24)21(27)15-16-5-7-17(23)8-6-16/h1-8H,9-15H2. The number of nitrogens with zero attached hydrogens (tertiary/aromatic N) is 2. The molecule has 0 aliphatic carbocycles. The van der Waals surface area contributed by atoms with E-state index in [0.29, 0.717) is 32.6 Å². The number of piperazine rings is 1. The maximum atomic E-state index is 13.0. The van der Waals surface area contributed by atoms with Crippen molar-refractivity contribution in [1.29, 1.82) is 0 Å². The van der Waals surface area contributed by atoms with Crippen molar-refractivity contribution in [3.63, 3.8) is 0 Å². The van der Waals surface area contributed by atoms with Crippen LogP contribution in [0.1, 0.15) is 12.0 Å². The molecule has 1 fully saturated rings. The van der Waals surface area contributed by atoms with E-state index in [0.717, 1.165) is 20.7 Å². The van der Waals surface area contributed by atoms with E-state index >= 15 is 0 Å². The van der Waals surface area contributed by atoms with Gasteiger partial charge in [-0.1, -0.05) is 24.3 Å². The summed E-state index contributed by atoms with van der Waals surface area (Å²) in [5.41, 5.74) is 0.800. The Labute approximate surface area is 177 Å². The molecule has 148 valence electrons. The fourth-order valence-electron chi connectivity index (χ4n) is 3.06. The van der Waals surface area contributed by atoms with Gasteiger partial charge < -0.3 is 9.80 Å². The van der Waals surface area contributed by atoms with Crippen molar-refractivity contribution in [1.82, 2.24) is 9.80 Å². The van der Waals surface area contributed by atoms with Crippen LogP contribution in [0.2, 0.25) is 0 Å². The fourth-order valence-corrected chi connectivity index (χ4v) is 4.57. The predicted molar refractivity (Wildman–Crippen MR) is 113 cm³/mol. The first-order valence-electron chi connectivity index (χ1n) is 9.20. The molecule has 2 aromatic carbocycles. The van der Waals surface area contributed by atoms with Crippen molar-refractivity contribution in [3.05, 3.63) is 64.4 Å². The Morgan fingerprint density at radius 3 is 2.18 bits per heavy atom. The SMILES string of the molecule is O=C(CCSc1ccccc1Br)N1CCN(C(=O)Cc2ccc(F)cc2)CC1. The molecule has 1 aliphatic rings. The van der Waals surface area contributed by atoms with E-state index in [-0.39, 0.29) is 24.1 Å². The van der Waals surface area contributed by atoms with Crippen LogP contribution in [0.25, 0.3) is 0 Å². The van der Waals surface area contributed by atoms with Crippen LogP contribution in [0, 0.1) is 5.82 Å². The lowest BCUT2D eigenvalue weighted by atomic mass is 10.1. The van der Waals surface area contributed by atoms with Gasteiger partial charge in [-0.25, -0.2) is 4.39 Å². The molecule has 2 amide bonds. The molecule has 7 heteroatoms. The van der Waals surface area contributed by atoms with Crippen LogP contribution >= 0.6 is 27.7 Å². The minimum atomic E-state index is -0.305. The smallest absolute Gasteiger partial charge is 0.227 e. The highest BCUT2D eigenvalue weighted by Crippen LogP contribution is 2.27. The lowest BCUT2D eigenvalue weighted by Crippen LogP contribution is -2.51. The maximum Gasteiger partial charge on any atom is 0.227 e. The van der Waals surface area contributed by atoms with E-state index < -0.39 is 0 Å². The predicted octanol–water partition coefficient (Wildman–Crippen LogP) is 3.98. The summed E-state index contributed by atoms with van der Waals surface area (Å²) >= 11 is 5.18. The van der Waals surface area contributed by atoms with E-state index in [2.05, 4.69) is 15.9 Å². The van der Waals surface area contributed by atoms with Crippen molar-refractivity contribution in [2.75, 3.05) is 31.9 Å². The van der Waals surface area contributed by atoms with E-state index in [1.54, 1.807) is 28.8 Å². The van der Waals surface area contributed by atoms with Crippen molar-refractivity contribution >= 4 is 39.5 Å². The lowest BCUT2D eigenvalue weighted by Gasteiger charge is -2.35.